The predicted molar refractivity (Wildman–Crippen MR) is 86.1 cm³/mol. The molecule has 2 N–H and O–H groups in total. The first kappa shape index (κ1) is 18.2. The van der Waals surface area contributed by atoms with Gasteiger partial charge in [-0.3, -0.25) is 4.79 Å². The number of carboxylic acid groups (broad SMARTS) is 1. The van der Waals surface area contributed by atoms with Gasteiger partial charge >= 0.3 is 5.97 Å². The van der Waals surface area contributed by atoms with Gasteiger partial charge in [0.15, 0.2) is 18.1 Å². The third-order valence-electron chi connectivity index (χ3n) is 2.67. The van der Waals surface area contributed by atoms with Gasteiger partial charge in [-0.1, -0.05) is 0 Å². The van der Waals surface area contributed by atoms with Gasteiger partial charge in [0, 0.05) is 12.1 Å². The summed E-state index contributed by atoms with van der Waals surface area (Å²) in [6, 6.07) is 4.69. The number of thioether (sulfide) groups is 1. The van der Waals surface area contributed by atoms with Crippen LogP contribution in [0.25, 0.3) is 0 Å². The maximum atomic E-state index is 12.0. The Morgan fingerprint density at radius 1 is 1.27 bits per heavy atom. The molecule has 0 aromatic heterocycles. The van der Waals surface area contributed by atoms with Crippen LogP contribution in [0.4, 0.5) is 0 Å². The lowest BCUT2D eigenvalue weighted by Crippen LogP contribution is -2.24. The quantitative estimate of drug-likeness (QED) is 0.640. The Balaban J connectivity index is 2.73. The molecule has 0 unspecified atom stereocenters. The molecule has 0 spiro atoms. The highest BCUT2D eigenvalue weighted by Crippen LogP contribution is 2.28. The first-order chi connectivity index (χ1) is 10.6. The van der Waals surface area contributed by atoms with E-state index in [9.17, 15) is 9.59 Å². The van der Waals surface area contributed by atoms with Crippen LogP contribution in [-0.4, -0.2) is 48.8 Å². The number of ether oxygens (including phenoxy) is 2. The fourth-order valence-electron chi connectivity index (χ4n) is 1.70. The summed E-state index contributed by atoms with van der Waals surface area (Å²) in [7, 11) is 0. The largest absolute Gasteiger partial charge is 0.490 e. The fourth-order valence-corrected chi connectivity index (χ4v) is 2.13. The van der Waals surface area contributed by atoms with Gasteiger partial charge in [0.2, 0.25) is 0 Å². The topological polar surface area (TPSA) is 84.9 Å². The Hall–Kier alpha value is -1.89. The van der Waals surface area contributed by atoms with Crippen molar-refractivity contribution in [1.29, 1.82) is 0 Å². The minimum atomic E-state index is -1.07. The number of carbonyl (C=O) groups is 2. The highest BCUT2D eigenvalue weighted by molar-refractivity contribution is 7.98. The maximum absolute atomic E-state index is 12.0. The molecule has 0 fully saturated rings. The van der Waals surface area contributed by atoms with E-state index in [0.29, 0.717) is 30.2 Å². The van der Waals surface area contributed by atoms with Crippen LogP contribution < -0.4 is 14.8 Å². The van der Waals surface area contributed by atoms with Gasteiger partial charge in [-0.25, -0.2) is 4.79 Å². The molecular weight excluding hydrogens is 306 g/mol. The molecule has 1 amide bonds. The molecule has 1 aromatic rings. The number of hydrogen-bond acceptors (Lipinski definition) is 5. The Bertz CT molecular complexity index is 507. The second kappa shape index (κ2) is 9.94. The van der Waals surface area contributed by atoms with E-state index in [2.05, 4.69) is 5.32 Å². The molecule has 22 heavy (non-hydrogen) atoms. The highest BCUT2D eigenvalue weighted by atomic mass is 32.2. The summed E-state index contributed by atoms with van der Waals surface area (Å²) >= 11 is 1.73. The van der Waals surface area contributed by atoms with Crippen LogP contribution in [0.5, 0.6) is 11.5 Å². The molecule has 0 saturated heterocycles. The first-order valence-electron chi connectivity index (χ1n) is 6.97. The fraction of sp³-hybridized carbons (Fsp3) is 0.467. The maximum Gasteiger partial charge on any atom is 0.341 e. The molecule has 122 valence electrons. The number of hydrogen-bond donors (Lipinski definition) is 2. The molecule has 1 rings (SSSR count). The van der Waals surface area contributed by atoms with E-state index in [1.807, 2.05) is 6.26 Å². The third-order valence-corrected chi connectivity index (χ3v) is 3.36. The van der Waals surface area contributed by atoms with Crippen LogP contribution in [0, 0.1) is 0 Å². The van der Waals surface area contributed by atoms with Crippen molar-refractivity contribution in [3.8, 4) is 11.5 Å². The van der Waals surface area contributed by atoms with E-state index < -0.39 is 12.6 Å². The van der Waals surface area contributed by atoms with Crippen LogP contribution >= 0.6 is 11.8 Å². The third kappa shape index (κ3) is 6.26. The molecule has 0 heterocycles. The second-order valence-electron chi connectivity index (χ2n) is 4.38. The Morgan fingerprint density at radius 2 is 2.05 bits per heavy atom. The van der Waals surface area contributed by atoms with Crippen LogP contribution in [-0.2, 0) is 4.79 Å². The number of nitrogens with one attached hydrogen (secondary N) is 1. The lowest BCUT2D eigenvalue weighted by Gasteiger charge is -2.12. The van der Waals surface area contributed by atoms with Crippen LogP contribution in [0.15, 0.2) is 18.2 Å². The molecule has 0 bridgehead atoms. The summed E-state index contributed by atoms with van der Waals surface area (Å²) in [5.41, 5.74) is 0.454. The van der Waals surface area contributed by atoms with Gasteiger partial charge in [-0.15, -0.1) is 0 Å². The SMILES string of the molecule is CCOc1cc(C(=O)NCCCSC)ccc1OCC(=O)O. The van der Waals surface area contributed by atoms with E-state index in [0.717, 1.165) is 12.2 Å². The molecule has 0 radical (unpaired) electrons. The van der Waals surface area contributed by atoms with Crippen LogP contribution in [0.2, 0.25) is 0 Å². The molecule has 7 heteroatoms. The molecule has 0 aliphatic heterocycles. The highest BCUT2D eigenvalue weighted by Gasteiger charge is 2.12. The van der Waals surface area contributed by atoms with Gasteiger partial charge in [0.25, 0.3) is 5.91 Å². The van der Waals surface area contributed by atoms with Crippen LogP contribution in [0.3, 0.4) is 0 Å². The lowest BCUT2D eigenvalue weighted by molar-refractivity contribution is -0.139. The summed E-state index contributed by atoms with van der Waals surface area (Å²) in [4.78, 5) is 22.6. The molecule has 0 aliphatic rings. The Labute approximate surface area is 134 Å². The summed E-state index contributed by atoms with van der Waals surface area (Å²) in [5.74, 6) is 0.403. The predicted octanol–water partition coefficient (Wildman–Crippen LogP) is 2.03. The number of aliphatic carboxylic acids is 1. The minimum absolute atomic E-state index is 0.188. The van der Waals surface area contributed by atoms with Crippen molar-refractivity contribution in [2.75, 3.05) is 31.8 Å². The van der Waals surface area contributed by atoms with Gasteiger partial charge < -0.3 is 19.9 Å². The van der Waals surface area contributed by atoms with Crippen molar-refractivity contribution in [3.05, 3.63) is 23.8 Å². The molecule has 1 aromatic carbocycles. The van der Waals surface area contributed by atoms with Gasteiger partial charge in [0.1, 0.15) is 0 Å². The lowest BCUT2D eigenvalue weighted by atomic mass is 10.2. The summed E-state index contributed by atoms with van der Waals surface area (Å²) in [6.07, 6.45) is 2.93. The van der Waals surface area contributed by atoms with E-state index in [-0.39, 0.29) is 5.91 Å². The smallest absolute Gasteiger partial charge is 0.341 e. The standard InChI is InChI=1S/C15H21NO5S/c1-3-20-13-9-11(15(19)16-7-4-8-22-2)5-6-12(13)21-10-14(17)18/h5-6,9H,3-4,7-8,10H2,1-2H3,(H,16,19)(H,17,18). The number of carboxylic acids is 1. The normalized spacial score (nSPS) is 10.1. The number of amides is 1. The molecule has 0 saturated carbocycles. The summed E-state index contributed by atoms with van der Waals surface area (Å²) in [5, 5.41) is 11.5. The Kier molecular flexibility index (Phi) is 8.21. The van der Waals surface area contributed by atoms with E-state index in [1.54, 1.807) is 36.9 Å². The van der Waals surface area contributed by atoms with Gasteiger partial charge in [0.05, 0.1) is 6.61 Å². The zero-order valence-corrected chi connectivity index (χ0v) is 13.6. The zero-order valence-electron chi connectivity index (χ0n) is 12.8. The van der Waals surface area contributed by atoms with Crippen molar-refractivity contribution >= 4 is 23.6 Å². The second-order valence-corrected chi connectivity index (χ2v) is 5.36. The van der Waals surface area contributed by atoms with Crippen molar-refractivity contribution in [1.82, 2.24) is 5.32 Å². The molecule has 0 aliphatic carbocycles. The summed E-state index contributed by atoms with van der Waals surface area (Å²) in [6.45, 7) is 2.35. The van der Waals surface area contributed by atoms with Crippen molar-refractivity contribution in [3.63, 3.8) is 0 Å². The van der Waals surface area contributed by atoms with Crippen LogP contribution in [0.1, 0.15) is 23.7 Å². The number of benzene rings is 1. The molecular formula is C15H21NO5S. The van der Waals surface area contributed by atoms with Gasteiger partial charge in [-0.05, 0) is 43.6 Å². The number of carbonyl (C=O) groups excluding carboxylic acids is 1. The van der Waals surface area contributed by atoms with Crippen molar-refractivity contribution in [2.45, 2.75) is 13.3 Å². The average Bonchev–Trinajstić information content (AvgIpc) is 2.50. The molecule has 6 nitrogen and oxygen atoms in total. The van der Waals surface area contributed by atoms with E-state index >= 15 is 0 Å². The first-order valence-corrected chi connectivity index (χ1v) is 8.36. The zero-order chi connectivity index (χ0) is 16.4. The monoisotopic (exact) mass is 327 g/mol. The van der Waals surface area contributed by atoms with E-state index in [1.165, 1.54) is 0 Å². The minimum Gasteiger partial charge on any atom is -0.490 e. The summed E-state index contributed by atoms with van der Waals surface area (Å²) < 4.78 is 10.5. The van der Waals surface area contributed by atoms with E-state index in [4.69, 9.17) is 14.6 Å². The van der Waals surface area contributed by atoms with Gasteiger partial charge in [-0.2, -0.15) is 11.8 Å². The van der Waals surface area contributed by atoms with Crippen molar-refractivity contribution in [2.24, 2.45) is 0 Å². The van der Waals surface area contributed by atoms with Crippen molar-refractivity contribution < 1.29 is 24.2 Å². The average molecular weight is 327 g/mol. The number of rotatable bonds is 10. The molecule has 0 atom stereocenters. The Morgan fingerprint density at radius 3 is 2.68 bits per heavy atom.